The Morgan fingerprint density at radius 1 is 1.28 bits per heavy atom. The lowest BCUT2D eigenvalue weighted by Gasteiger charge is -2.24. The van der Waals surface area contributed by atoms with Crippen LogP contribution in [0, 0.1) is 0 Å². The molecule has 0 aromatic rings. The molecule has 1 aliphatic heterocycles. The van der Waals surface area contributed by atoms with E-state index < -0.39 is 14.8 Å². The van der Waals surface area contributed by atoms with Crippen LogP contribution in [0.15, 0.2) is 0 Å². The minimum absolute atomic E-state index is 0.209. The second-order valence-corrected chi connectivity index (χ2v) is 7.11. The average Bonchev–Trinajstić information content (AvgIpc) is 2.69. The highest BCUT2D eigenvalue weighted by molar-refractivity contribution is 6.60. The lowest BCUT2D eigenvalue weighted by molar-refractivity contribution is -0.125. The maximum absolute atomic E-state index is 11.3. The fourth-order valence-corrected chi connectivity index (χ4v) is 3.58. The normalized spacial score (nSPS) is 20.3. The van der Waals surface area contributed by atoms with Gasteiger partial charge in [0.25, 0.3) is 0 Å². The predicted molar refractivity (Wildman–Crippen MR) is 65.8 cm³/mol. The molecule has 1 fully saturated rings. The van der Waals surface area contributed by atoms with Crippen LogP contribution in [-0.4, -0.2) is 54.5 Å². The summed E-state index contributed by atoms with van der Waals surface area (Å²) in [6.07, 6.45) is 0.958. The zero-order valence-electron chi connectivity index (χ0n) is 10.9. The van der Waals surface area contributed by atoms with Crippen molar-refractivity contribution >= 4 is 20.6 Å². The van der Waals surface area contributed by atoms with Crippen LogP contribution in [0.2, 0.25) is 6.04 Å². The van der Waals surface area contributed by atoms with Gasteiger partial charge < -0.3 is 18.6 Å². The molecule has 0 saturated carbocycles. The Labute approximate surface area is 108 Å². The van der Waals surface area contributed by atoms with Crippen LogP contribution in [0.3, 0.4) is 0 Å². The van der Waals surface area contributed by atoms with Crippen molar-refractivity contribution in [2.24, 2.45) is 0 Å². The number of hydrogen-bond acceptors (Lipinski definition) is 6. The SMILES string of the molecule is CO[Si](CCCNC1CC(=O)NC1=O)(OC)OC. The average molecular weight is 276 g/mol. The highest BCUT2D eigenvalue weighted by Crippen LogP contribution is 2.14. The van der Waals surface area contributed by atoms with Gasteiger partial charge in [-0.3, -0.25) is 14.9 Å². The Morgan fingerprint density at radius 3 is 2.33 bits per heavy atom. The summed E-state index contributed by atoms with van der Waals surface area (Å²) in [6.45, 7) is 0.607. The molecule has 1 atom stereocenters. The van der Waals surface area contributed by atoms with Gasteiger partial charge in [-0.05, 0) is 13.0 Å². The van der Waals surface area contributed by atoms with Crippen LogP contribution in [0.25, 0.3) is 0 Å². The number of imide groups is 1. The zero-order valence-corrected chi connectivity index (χ0v) is 11.9. The highest BCUT2D eigenvalue weighted by Gasteiger charge is 2.37. The molecule has 0 aromatic heterocycles. The first-order chi connectivity index (χ1) is 8.56. The summed E-state index contributed by atoms with van der Waals surface area (Å²) in [6, 6.07) is 0.243. The molecule has 8 heteroatoms. The van der Waals surface area contributed by atoms with Gasteiger partial charge in [0.05, 0.1) is 12.5 Å². The second-order valence-electron chi connectivity index (χ2n) is 4.02. The van der Waals surface area contributed by atoms with E-state index in [0.717, 1.165) is 6.42 Å². The van der Waals surface area contributed by atoms with Crippen molar-refractivity contribution < 1.29 is 22.9 Å². The summed E-state index contributed by atoms with van der Waals surface area (Å²) in [5, 5.41) is 5.28. The number of nitrogens with one attached hydrogen (secondary N) is 2. The van der Waals surface area contributed by atoms with Crippen molar-refractivity contribution in [1.29, 1.82) is 0 Å². The molecule has 0 spiro atoms. The highest BCUT2D eigenvalue weighted by atomic mass is 28.4. The minimum atomic E-state index is -2.53. The molecule has 1 heterocycles. The third-order valence-corrected chi connectivity index (χ3v) is 5.78. The zero-order chi connectivity index (χ0) is 13.6. The maximum Gasteiger partial charge on any atom is 0.500 e. The number of rotatable bonds is 8. The topological polar surface area (TPSA) is 85.9 Å². The first-order valence-electron chi connectivity index (χ1n) is 5.79. The minimum Gasteiger partial charge on any atom is -0.377 e. The van der Waals surface area contributed by atoms with Gasteiger partial charge in [-0.1, -0.05) is 0 Å². The molecular weight excluding hydrogens is 256 g/mol. The molecular formula is C10H20N2O5Si. The number of carbonyl (C=O) groups is 2. The van der Waals surface area contributed by atoms with E-state index in [1.165, 1.54) is 0 Å². The van der Waals surface area contributed by atoms with Gasteiger partial charge in [-0.25, -0.2) is 0 Å². The van der Waals surface area contributed by atoms with Crippen molar-refractivity contribution in [2.75, 3.05) is 27.9 Å². The fourth-order valence-electron chi connectivity index (χ4n) is 1.86. The van der Waals surface area contributed by atoms with Crippen molar-refractivity contribution in [1.82, 2.24) is 10.6 Å². The summed E-state index contributed by atoms with van der Waals surface area (Å²) in [4.78, 5) is 22.3. The van der Waals surface area contributed by atoms with Crippen molar-refractivity contribution in [3.63, 3.8) is 0 Å². The first-order valence-corrected chi connectivity index (χ1v) is 7.72. The first kappa shape index (κ1) is 15.3. The van der Waals surface area contributed by atoms with E-state index in [4.69, 9.17) is 13.3 Å². The molecule has 1 saturated heterocycles. The van der Waals surface area contributed by atoms with E-state index >= 15 is 0 Å². The Hall–Kier alpha value is -0.803. The van der Waals surface area contributed by atoms with Crippen LogP contribution in [0.4, 0.5) is 0 Å². The van der Waals surface area contributed by atoms with E-state index in [-0.39, 0.29) is 18.2 Å². The molecule has 2 N–H and O–H groups in total. The van der Waals surface area contributed by atoms with Gasteiger partial charge >= 0.3 is 8.80 Å². The monoisotopic (exact) mass is 276 g/mol. The molecule has 104 valence electrons. The quantitative estimate of drug-likeness (QED) is 0.345. The van der Waals surface area contributed by atoms with E-state index in [1.54, 1.807) is 21.3 Å². The Bertz CT molecular complexity index is 300. The van der Waals surface area contributed by atoms with E-state index in [1.807, 2.05) is 0 Å². The van der Waals surface area contributed by atoms with Crippen LogP contribution in [0.1, 0.15) is 12.8 Å². The Kier molecular flexibility index (Phi) is 5.89. The largest absolute Gasteiger partial charge is 0.500 e. The Balaban J connectivity index is 2.26. The standard InChI is InChI=1S/C10H20N2O5Si/c1-15-18(16-2,17-3)6-4-5-11-8-7-9(13)12-10(8)14/h8,11H,4-7H2,1-3H3,(H,12,13,14). The fraction of sp³-hybridized carbons (Fsp3) is 0.800. The summed E-state index contributed by atoms with van der Waals surface area (Å²) in [5.74, 6) is -0.486. The number of carbonyl (C=O) groups excluding carboxylic acids is 2. The van der Waals surface area contributed by atoms with Crippen molar-refractivity contribution in [3.8, 4) is 0 Å². The third-order valence-electron chi connectivity index (χ3n) is 2.95. The smallest absolute Gasteiger partial charge is 0.377 e. The second kappa shape index (κ2) is 6.95. The predicted octanol–water partition coefficient (Wildman–Crippen LogP) is -0.741. The molecule has 0 bridgehead atoms. The molecule has 1 unspecified atom stereocenters. The molecule has 0 radical (unpaired) electrons. The van der Waals surface area contributed by atoms with Gasteiger partial charge in [-0.15, -0.1) is 0 Å². The molecule has 0 aromatic carbocycles. The molecule has 2 amide bonds. The van der Waals surface area contributed by atoms with Crippen molar-refractivity contribution in [2.45, 2.75) is 24.9 Å². The van der Waals surface area contributed by atoms with Gasteiger partial charge in [0.15, 0.2) is 0 Å². The van der Waals surface area contributed by atoms with Crippen LogP contribution in [-0.2, 0) is 22.9 Å². The lowest BCUT2D eigenvalue weighted by atomic mass is 10.2. The van der Waals surface area contributed by atoms with Crippen LogP contribution in [0.5, 0.6) is 0 Å². The summed E-state index contributed by atoms with van der Waals surface area (Å²) >= 11 is 0. The molecule has 1 aliphatic rings. The molecule has 0 aliphatic carbocycles. The van der Waals surface area contributed by atoms with Crippen LogP contribution < -0.4 is 10.6 Å². The third kappa shape index (κ3) is 3.85. The molecule has 18 heavy (non-hydrogen) atoms. The summed E-state index contributed by atoms with van der Waals surface area (Å²) in [5.41, 5.74) is 0. The van der Waals surface area contributed by atoms with E-state index in [2.05, 4.69) is 10.6 Å². The lowest BCUT2D eigenvalue weighted by Crippen LogP contribution is -2.44. The van der Waals surface area contributed by atoms with Gasteiger partial charge in [0, 0.05) is 27.4 Å². The molecule has 1 rings (SSSR count). The number of hydrogen-bond donors (Lipinski definition) is 2. The van der Waals surface area contributed by atoms with Crippen molar-refractivity contribution in [3.05, 3.63) is 0 Å². The van der Waals surface area contributed by atoms with Crippen LogP contribution >= 0.6 is 0 Å². The van der Waals surface area contributed by atoms with Gasteiger partial charge in [-0.2, -0.15) is 0 Å². The summed E-state index contributed by atoms with van der Waals surface area (Å²) in [7, 11) is 2.16. The van der Waals surface area contributed by atoms with Gasteiger partial charge in [0.1, 0.15) is 0 Å². The van der Waals surface area contributed by atoms with E-state index in [9.17, 15) is 9.59 Å². The molecule has 7 nitrogen and oxygen atoms in total. The maximum atomic E-state index is 11.3. The summed E-state index contributed by atoms with van der Waals surface area (Å²) < 4.78 is 15.8. The Morgan fingerprint density at radius 2 is 1.89 bits per heavy atom. The number of amides is 2. The van der Waals surface area contributed by atoms with Gasteiger partial charge in [0.2, 0.25) is 11.8 Å². The van der Waals surface area contributed by atoms with E-state index in [0.29, 0.717) is 12.6 Å².